The fourth-order valence-electron chi connectivity index (χ4n) is 2.77. The van der Waals surface area contributed by atoms with Gasteiger partial charge in [-0.1, -0.05) is 23.4 Å². The number of benzene rings is 1. The monoisotopic (exact) mass is 316 g/mol. The molecule has 0 fully saturated rings. The van der Waals surface area contributed by atoms with Crippen molar-refractivity contribution in [2.75, 3.05) is 19.7 Å². The van der Waals surface area contributed by atoms with Crippen LogP contribution < -0.4 is 0 Å². The van der Waals surface area contributed by atoms with E-state index >= 15 is 0 Å². The second kappa shape index (κ2) is 6.70. The lowest BCUT2D eigenvalue weighted by Gasteiger charge is -2.27. The summed E-state index contributed by atoms with van der Waals surface area (Å²) >= 11 is 0. The van der Waals surface area contributed by atoms with Crippen molar-refractivity contribution in [3.8, 4) is 0 Å². The number of rotatable bonds is 4. The van der Waals surface area contributed by atoms with Crippen LogP contribution in [0.4, 0.5) is 4.39 Å². The van der Waals surface area contributed by atoms with Gasteiger partial charge >= 0.3 is 0 Å². The van der Waals surface area contributed by atoms with Crippen LogP contribution in [-0.4, -0.2) is 50.6 Å². The molecule has 0 bridgehead atoms. The van der Waals surface area contributed by atoms with Crippen LogP contribution in [0.25, 0.3) is 5.57 Å². The Kier molecular flexibility index (Phi) is 4.47. The van der Waals surface area contributed by atoms with Crippen LogP contribution in [0.15, 0.2) is 36.7 Å². The molecule has 0 saturated heterocycles. The summed E-state index contributed by atoms with van der Waals surface area (Å²) in [4.78, 5) is 13.1. The molecule has 3 rings (SSSR count). The molecule has 0 saturated carbocycles. The molecule has 0 aliphatic carbocycles. The molecule has 0 radical (unpaired) electrons. The van der Waals surface area contributed by atoms with Crippen LogP contribution in [0.5, 0.6) is 0 Å². The predicted molar refractivity (Wildman–Crippen MR) is 81.8 cm³/mol. The van der Waals surface area contributed by atoms with Gasteiger partial charge in [-0.3, -0.25) is 4.79 Å². The first-order valence-corrected chi connectivity index (χ1v) is 7.38. The largest absolute Gasteiger partial charge is 0.387 e. The van der Waals surface area contributed by atoms with Crippen molar-refractivity contribution in [3.05, 3.63) is 53.6 Å². The molecule has 0 atom stereocenters. The van der Waals surface area contributed by atoms with Crippen LogP contribution >= 0.6 is 0 Å². The minimum Gasteiger partial charge on any atom is -0.387 e. The van der Waals surface area contributed by atoms with Gasteiger partial charge in [-0.2, -0.15) is 0 Å². The molecular formula is C16H17FN4O2. The number of carbonyl (C=O) groups is 1. The summed E-state index contributed by atoms with van der Waals surface area (Å²) in [6.07, 6.45) is 5.71. The number of halogens is 1. The number of aliphatic hydroxyl groups is 1. The quantitative estimate of drug-likeness (QED) is 0.916. The summed E-state index contributed by atoms with van der Waals surface area (Å²) in [6, 6.07) is 4.98. The molecule has 7 heteroatoms. The lowest BCUT2D eigenvalue weighted by molar-refractivity contribution is -0.133. The third-order valence-electron chi connectivity index (χ3n) is 3.92. The standard InChI is InChI=1S/C16H17FN4O2/c17-14-3-1-2-13(10-21-9-6-18-19-21)16(14)12-4-7-20(8-5-12)15(23)11-22/h1-4,6,9,22H,5,7-8,10-11H2. The summed E-state index contributed by atoms with van der Waals surface area (Å²) in [5.41, 5.74) is 2.27. The Balaban J connectivity index is 1.88. The van der Waals surface area contributed by atoms with E-state index in [1.54, 1.807) is 28.0 Å². The molecule has 1 aliphatic heterocycles. The average Bonchev–Trinajstić information content (AvgIpc) is 3.08. The molecule has 1 aliphatic rings. The van der Waals surface area contributed by atoms with Gasteiger partial charge in [-0.05, 0) is 23.6 Å². The molecule has 2 aromatic rings. The maximum atomic E-state index is 14.4. The highest BCUT2D eigenvalue weighted by atomic mass is 19.1. The van der Waals surface area contributed by atoms with Crippen LogP contribution in [0.2, 0.25) is 0 Å². The fraction of sp³-hybridized carbons (Fsp3) is 0.312. The van der Waals surface area contributed by atoms with Gasteiger partial charge in [0.25, 0.3) is 0 Å². The number of amides is 1. The van der Waals surface area contributed by atoms with Crippen molar-refractivity contribution in [2.24, 2.45) is 0 Å². The van der Waals surface area contributed by atoms with Gasteiger partial charge in [0.2, 0.25) is 5.91 Å². The van der Waals surface area contributed by atoms with Gasteiger partial charge in [0, 0.05) is 24.8 Å². The van der Waals surface area contributed by atoms with Gasteiger partial charge in [-0.25, -0.2) is 9.07 Å². The van der Waals surface area contributed by atoms with Crippen LogP contribution in [0, 0.1) is 5.82 Å². The summed E-state index contributed by atoms with van der Waals surface area (Å²) in [6.45, 7) is 0.790. The Labute approximate surface area is 132 Å². The molecule has 1 aromatic carbocycles. The van der Waals surface area contributed by atoms with Gasteiger partial charge in [-0.15, -0.1) is 5.10 Å². The van der Waals surface area contributed by atoms with Gasteiger partial charge in [0.05, 0.1) is 12.7 Å². The Bertz CT molecular complexity index is 728. The van der Waals surface area contributed by atoms with E-state index in [4.69, 9.17) is 5.11 Å². The first kappa shape index (κ1) is 15.4. The maximum absolute atomic E-state index is 14.4. The summed E-state index contributed by atoms with van der Waals surface area (Å²) in [5, 5.41) is 16.6. The highest BCUT2D eigenvalue weighted by molar-refractivity contribution is 5.79. The topological polar surface area (TPSA) is 71.2 Å². The Morgan fingerprint density at radius 2 is 2.26 bits per heavy atom. The zero-order valence-electron chi connectivity index (χ0n) is 12.5. The van der Waals surface area contributed by atoms with Crippen LogP contribution in [-0.2, 0) is 11.3 Å². The Morgan fingerprint density at radius 3 is 2.91 bits per heavy atom. The Morgan fingerprint density at radius 1 is 1.39 bits per heavy atom. The maximum Gasteiger partial charge on any atom is 0.248 e. The van der Waals surface area contributed by atoms with E-state index in [0.717, 1.165) is 11.1 Å². The molecule has 0 spiro atoms. The van der Waals surface area contributed by atoms with Crippen molar-refractivity contribution >= 4 is 11.5 Å². The highest BCUT2D eigenvalue weighted by Crippen LogP contribution is 2.28. The van der Waals surface area contributed by atoms with Crippen molar-refractivity contribution in [2.45, 2.75) is 13.0 Å². The third kappa shape index (κ3) is 3.29. The second-order valence-electron chi connectivity index (χ2n) is 5.35. The normalized spacial score (nSPS) is 14.7. The molecule has 1 amide bonds. The molecule has 0 unspecified atom stereocenters. The molecule has 23 heavy (non-hydrogen) atoms. The third-order valence-corrected chi connectivity index (χ3v) is 3.92. The molecule has 120 valence electrons. The van der Waals surface area contributed by atoms with Gasteiger partial charge in [0.15, 0.2) is 0 Å². The number of hydrogen-bond acceptors (Lipinski definition) is 4. The minimum absolute atomic E-state index is 0.282. The predicted octanol–water partition coefficient (Wildman–Crippen LogP) is 1.07. The van der Waals surface area contributed by atoms with E-state index in [1.807, 2.05) is 12.1 Å². The first-order chi connectivity index (χ1) is 11.2. The summed E-state index contributed by atoms with van der Waals surface area (Å²) in [7, 11) is 0. The summed E-state index contributed by atoms with van der Waals surface area (Å²) in [5.74, 6) is -0.590. The number of aliphatic hydroxyl groups excluding tert-OH is 1. The van der Waals surface area contributed by atoms with Crippen molar-refractivity contribution in [1.82, 2.24) is 19.9 Å². The van der Waals surface area contributed by atoms with Crippen LogP contribution in [0.3, 0.4) is 0 Å². The highest BCUT2D eigenvalue weighted by Gasteiger charge is 2.20. The Hall–Kier alpha value is -2.54. The smallest absolute Gasteiger partial charge is 0.248 e. The zero-order valence-corrected chi connectivity index (χ0v) is 12.5. The molecule has 2 heterocycles. The van der Waals surface area contributed by atoms with Crippen molar-refractivity contribution in [1.29, 1.82) is 0 Å². The SMILES string of the molecule is O=C(CO)N1CC=C(c2c(F)cccc2Cn2ccnn2)CC1. The lowest BCUT2D eigenvalue weighted by Crippen LogP contribution is -2.36. The van der Waals surface area contributed by atoms with Crippen molar-refractivity contribution < 1.29 is 14.3 Å². The number of carbonyl (C=O) groups excluding carboxylic acids is 1. The fourth-order valence-corrected chi connectivity index (χ4v) is 2.77. The van der Waals surface area contributed by atoms with Crippen LogP contribution in [0.1, 0.15) is 17.5 Å². The van der Waals surface area contributed by atoms with E-state index in [0.29, 0.717) is 31.6 Å². The molecular weight excluding hydrogens is 299 g/mol. The first-order valence-electron chi connectivity index (χ1n) is 7.38. The van der Waals surface area contributed by atoms with E-state index in [2.05, 4.69) is 10.3 Å². The van der Waals surface area contributed by atoms with E-state index < -0.39 is 6.61 Å². The minimum atomic E-state index is -0.500. The average molecular weight is 316 g/mol. The number of aromatic nitrogens is 3. The molecule has 1 N–H and O–H groups in total. The lowest BCUT2D eigenvalue weighted by atomic mass is 9.94. The van der Waals surface area contributed by atoms with Gasteiger partial charge < -0.3 is 10.0 Å². The molecule has 1 aromatic heterocycles. The van der Waals surface area contributed by atoms with E-state index in [1.165, 1.54) is 6.07 Å². The number of nitrogens with zero attached hydrogens (tertiary/aromatic N) is 4. The van der Waals surface area contributed by atoms with E-state index in [9.17, 15) is 9.18 Å². The zero-order chi connectivity index (χ0) is 16.2. The number of hydrogen-bond donors (Lipinski definition) is 1. The van der Waals surface area contributed by atoms with Gasteiger partial charge in [0.1, 0.15) is 12.4 Å². The molecule has 6 nitrogen and oxygen atoms in total. The summed E-state index contributed by atoms with van der Waals surface area (Å²) < 4.78 is 16.0. The van der Waals surface area contributed by atoms with Crippen molar-refractivity contribution in [3.63, 3.8) is 0 Å². The second-order valence-corrected chi connectivity index (χ2v) is 5.35. The van der Waals surface area contributed by atoms with E-state index in [-0.39, 0.29) is 11.7 Å².